The van der Waals surface area contributed by atoms with Crippen LogP contribution in [0.4, 0.5) is 0 Å². The zero-order chi connectivity index (χ0) is 13.3. The fraction of sp³-hybridized carbons (Fsp3) is 0.471. The Morgan fingerprint density at radius 1 is 1.37 bits per heavy atom. The highest BCUT2D eigenvalue weighted by atomic mass is 16.6. The highest BCUT2D eigenvalue weighted by molar-refractivity contribution is 5.88. The van der Waals surface area contributed by atoms with Gasteiger partial charge in [-0.3, -0.25) is 0 Å². The van der Waals surface area contributed by atoms with Crippen molar-refractivity contribution < 1.29 is 9.53 Å². The molecule has 2 saturated carbocycles. The summed E-state index contributed by atoms with van der Waals surface area (Å²) in [7, 11) is 0. The summed E-state index contributed by atoms with van der Waals surface area (Å²) < 4.78 is 5.98. The number of carbonyl (C=O) groups is 1. The van der Waals surface area contributed by atoms with Crippen LogP contribution < -0.4 is 0 Å². The molecule has 3 aliphatic rings. The van der Waals surface area contributed by atoms with Crippen molar-refractivity contribution in [2.24, 2.45) is 11.3 Å². The molecule has 0 N–H and O–H groups in total. The number of hydrogen-bond donors (Lipinski definition) is 0. The third-order valence-corrected chi connectivity index (χ3v) is 5.55. The van der Waals surface area contributed by atoms with Crippen molar-refractivity contribution in [3.63, 3.8) is 0 Å². The Labute approximate surface area is 113 Å². The van der Waals surface area contributed by atoms with Crippen molar-refractivity contribution >= 4 is 5.97 Å². The molecular weight excluding hydrogens is 236 g/mol. The molecule has 1 spiro atoms. The standard InChI is InChI=1S/C17H18O2/c1-11(2)15(18)19-17-13-6-4-3-5-12(13)7-9-16(17)10-8-14(16)17/h3-6,14H,1,7-10H2,2H3. The molecule has 1 aromatic rings. The largest absolute Gasteiger partial charge is 0.450 e. The normalized spacial score (nSPS) is 37.2. The summed E-state index contributed by atoms with van der Waals surface area (Å²) in [5, 5.41) is 0. The highest BCUT2D eigenvalue weighted by Gasteiger charge is 2.85. The van der Waals surface area contributed by atoms with Gasteiger partial charge in [-0.05, 0) is 43.7 Å². The van der Waals surface area contributed by atoms with E-state index < -0.39 is 0 Å². The van der Waals surface area contributed by atoms with Gasteiger partial charge in [0.15, 0.2) is 0 Å². The van der Waals surface area contributed by atoms with Crippen molar-refractivity contribution in [2.75, 3.05) is 0 Å². The lowest BCUT2D eigenvalue weighted by atomic mass is 9.76. The van der Waals surface area contributed by atoms with Gasteiger partial charge < -0.3 is 4.74 Å². The van der Waals surface area contributed by atoms with E-state index in [1.165, 1.54) is 24.0 Å². The van der Waals surface area contributed by atoms with Crippen LogP contribution in [-0.2, 0) is 21.6 Å². The van der Waals surface area contributed by atoms with Gasteiger partial charge in [0.2, 0.25) is 0 Å². The first-order chi connectivity index (χ1) is 9.12. The number of fused-ring (bicyclic) bond motifs is 3. The van der Waals surface area contributed by atoms with Crippen molar-refractivity contribution in [1.29, 1.82) is 0 Å². The molecule has 2 fully saturated rings. The van der Waals surface area contributed by atoms with E-state index in [9.17, 15) is 4.79 Å². The maximum atomic E-state index is 12.0. The summed E-state index contributed by atoms with van der Waals surface area (Å²) in [6.45, 7) is 5.45. The van der Waals surface area contributed by atoms with Gasteiger partial charge in [-0.2, -0.15) is 0 Å². The monoisotopic (exact) mass is 254 g/mol. The second-order valence-corrected chi connectivity index (χ2v) is 6.31. The highest BCUT2D eigenvalue weighted by Crippen LogP contribution is 2.84. The minimum Gasteiger partial charge on any atom is -0.450 e. The van der Waals surface area contributed by atoms with E-state index in [0.717, 1.165) is 12.8 Å². The molecule has 0 aromatic heterocycles. The van der Waals surface area contributed by atoms with E-state index in [4.69, 9.17) is 4.74 Å². The average molecular weight is 254 g/mol. The quantitative estimate of drug-likeness (QED) is 0.597. The number of benzene rings is 1. The van der Waals surface area contributed by atoms with E-state index in [1.807, 2.05) is 0 Å². The second kappa shape index (κ2) is 3.30. The van der Waals surface area contributed by atoms with Gasteiger partial charge in [0, 0.05) is 16.9 Å². The Bertz CT molecular complexity index is 603. The third kappa shape index (κ3) is 1.11. The molecule has 0 amide bonds. The number of aryl methyl sites for hydroxylation is 1. The lowest BCUT2D eigenvalue weighted by Gasteiger charge is -2.32. The van der Waals surface area contributed by atoms with Crippen molar-refractivity contribution in [2.45, 2.75) is 38.2 Å². The molecular formula is C17H18O2. The number of ether oxygens (including phenoxy) is 1. The Balaban J connectivity index is 1.81. The fourth-order valence-corrected chi connectivity index (χ4v) is 4.54. The number of rotatable bonds is 2. The average Bonchev–Trinajstić information content (AvgIpc) is 2.79. The number of carbonyl (C=O) groups excluding carboxylic acids is 1. The van der Waals surface area contributed by atoms with Gasteiger partial charge >= 0.3 is 5.97 Å². The molecule has 3 aliphatic carbocycles. The molecule has 3 atom stereocenters. The predicted octanol–water partition coefficient (Wildman–Crippen LogP) is 3.36. The lowest BCUT2D eigenvalue weighted by molar-refractivity contribution is -0.150. The van der Waals surface area contributed by atoms with Gasteiger partial charge in [-0.15, -0.1) is 0 Å². The molecule has 3 unspecified atom stereocenters. The summed E-state index contributed by atoms with van der Waals surface area (Å²) in [4.78, 5) is 12.0. The van der Waals surface area contributed by atoms with E-state index in [1.54, 1.807) is 6.92 Å². The van der Waals surface area contributed by atoms with E-state index >= 15 is 0 Å². The summed E-state index contributed by atoms with van der Waals surface area (Å²) in [6.07, 6.45) is 4.68. The molecule has 0 radical (unpaired) electrons. The smallest absolute Gasteiger partial charge is 0.334 e. The maximum absolute atomic E-state index is 12.0. The molecule has 1 aromatic carbocycles. The van der Waals surface area contributed by atoms with Gasteiger partial charge in [-0.25, -0.2) is 4.79 Å². The summed E-state index contributed by atoms with van der Waals surface area (Å²) in [5.41, 5.74) is 3.05. The Morgan fingerprint density at radius 2 is 2.16 bits per heavy atom. The van der Waals surface area contributed by atoms with E-state index in [-0.39, 0.29) is 17.0 Å². The fourth-order valence-electron chi connectivity index (χ4n) is 4.54. The summed E-state index contributed by atoms with van der Waals surface area (Å²) in [6, 6.07) is 8.47. The predicted molar refractivity (Wildman–Crippen MR) is 72.5 cm³/mol. The molecule has 2 nitrogen and oxygen atoms in total. The van der Waals surface area contributed by atoms with Crippen LogP contribution in [0.25, 0.3) is 0 Å². The molecule has 4 rings (SSSR count). The Hall–Kier alpha value is -1.57. The SMILES string of the molecule is C=C(C)C(=O)OC12c3ccccc3CCC13CCC32. The zero-order valence-electron chi connectivity index (χ0n) is 11.2. The van der Waals surface area contributed by atoms with E-state index in [2.05, 4.69) is 30.8 Å². The molecule has 0 heterocycles. The van der Waals surface area contributed by atoms with Crippen LogP contribution in [-0.4, -0.2) is 5.97 Å². The molecule has 0 saturated heterocycles. The van der Waals surface area contributed by atoms with Crippen LogP contribution in [0.5, 0.6) is 0 Å². The van der Waals surface area contributed by atoms with E-state index in [0.29, 0.717) is 11.5 Å². The maximum Gasteiger partial charge on any atom is 0.334 e. The topological polar surface area (TPSA) is 26.3 Å². The Morgan fingerprint density at radius 3 is 2.84 bits per heavy atom. The number of esters is 1. The van der Waals surface area contributed by atoms with Crippen LogP contribution in [0.1, 0.15) is 37.3 Å². The Kier molecular flexibility index (Phi) is 1.96. The minimum absolute atomic E-state index is 0.231. The molecule has 0 aliphatic heterocycles. The van der Waals surface area contributed by atoms with Crippen LogP contribution in [0.3, 0.4) is 0 Å². The van der Waals surface area contributed by atoms with Crippen LogP contribution in [0.2, 0.25) is 0 Å². The van der Waals surface area contributed by atoms with Crippen LogP contribution >= 0.6 is 0 Å². The molecule has 0 bridgehead atoms. The van der Waals surface area contributed by atoms with Crippen molar-refractivity contribution in [3.05, 3.63) is 47.5 Å². The third-order valence-electron chi connectivity index (χ3n) is 5.55. The summed E-state index contributed by atoms with van der Waals surface area (Å²) >= 11 is 0. The van der Waals surface area contributed by atoms with Crippen molar-refractivity contribution in [3.8, 4) is 0 Å². The number of hydrogen-bond acceptors (Lipinski definition) is 2. The lowest BCUT2D eigenvalue weighted by Crippen LogP contribution is -2.30. The van der Waals surface area contributed by atoms with Gasteiger partial charge in [-0.1, -0.05) is 30.8 Å². The van der Waals surface area contributed by atoms with Gasteiger partial charge in [0.1, 0.15) is 5.60 Å². The zero-order valence-corrected chi connectivity index (χ0v) is 11.2. The molecule has 2 heteroatoms. The minimum atomic E-state index is -0.322. The molecule has 98 valence electrons. The van der Waals surface area contributed by atoms with Gasteiger partial charge in [0.05, 0.1) is 0 Å². The molecule has 19 heavy (non-hydrogen) atoms. The van der Waals surface area contributed by atoms with Crippen LogP contribution in [0, 0.1) is 11.3 Å². The first-order valence-electron chi connectivity index (χ1n) is 7.09. The van der Waals surface area contributed by atoms with Gasteiger partial charge in [0.25, 0.3) is 0 Å². The summed E-state index contributed by atoms with van der Waals surface area (Å²) in [5.74, 6) is 0.317. The first-order valence-corrected chi connectivity index (χ1v) is 7.09. The van der Waals surface area contributed by atoms with Crippen LogP contribution in [0.15, 0.2) is 36.4 Å². The second-order valence-electron chi connectivity index (χ2n) is 6.31. The first kappa shape index (κ1) is 11.3. The van der Waals surface area contributed by atoms with Crippen molar-refractivity contribution in [1.82, 2.24) is 0 Å².